The fraction of sp³-hybridized carbons (Fsp3) is 0.292. The number of fused-ring (bicyclic) bond motifs is 2. The maximum absolute atomic E-state index is 13.5. The first kappa shape index (κ1) is 19.3. The lowest BCUT2D eigenvalue weighted by Gasteiger charge is -2.17. The molecule has 1 N–H and O–H groups in total. The summed E-state index contributed by atoms with van der Waals surface area (Å²) in [5.74, 6) is -1.54. The van der Waals surface area contributed by atoms with Crippen molar-refractivity contribution in [1.29, 1.82) is 0 Å². The van der Waals surface area contributed by atoms with Crippen LogP contribution in [-0.2, 0) is 23.9 Å². The van der Waals surface area contributed by atoms with Crippen molar-refractivity contribution in [3.8, 4) is 11.5 Å². The summed E-state index contributed by atoms with van der Waals surface area (Å²) in [4.78, 5) is 14.9. The van der Waals surface area contributed by atoms with E-state index in [0.29, 0.717) is 22.6 Å². The van der Waals surface area contributed by atoms with Crippen LogP contribution in [0.4, 0.5) is 18.9 Å². The molecule has 1 spiro atoms. The van der Waals surface area contributed by atoms with Gasteiger partial charge in [0, 0.05) is 23.7 Å². The average Bonchev–Trinajstić information content (AvgIpc) is 3.08. The predicted octanol–water partition coefficient (Wildman–Crippen LogP) is 5.15. The zero-order chi connectivity index (χ0) is 22.3. The molecule has 3 heterocycles. The molecule has 2 aromatic carbocycles. The van der Waals surface area contributed by atoms with Crippen molar-refractivity contribution >= 4 is 11.6 Å². The van der Waals surface area contributed by atoms with Crippen LogP contribution < -0.4 is 9.64 Å². The minimum atomic E-state index is -4.59. The molecule has 1 amide bonds. The molecule has 0 saturated heterocycles. The number of phenolic OH excluding ortho intramolecular Hbond substituents is 1. The minimum Gasteiger partial charge on any atom is -0.507 e. The molecule has 1 atom stereocenters. The van der Waals surface area contributed by atoms with Crippen LogP contribution in [0.5, 0.6) is 11.5 Å². The largest absolute Gasteiger partial charge is 0.507 e. The van der Waals surface area contributed by atoms with Crippen LogP contribution >= 0.6 is 0 Å². The molecule has 1 aliphatic carbocycles. The fourth-order valence-corrected chi connectivity index (χ4v) is 4.75. The van der Waals surface area contributed by atoms with Crippen LogP contribution in [0.1, 0.15) is 47.0 Å². The molecular weight excluding hydrogens is 423 g/mol. The Morgan fingerprint density at radius 2 is 1.88 bits per heavy atom. The number of benzene rings is 2. The molecule has 3 aliphatic rings. The molecule has 1 saturated carbocycles. The number of rotatable bonds is 3. The molecule has 5 nitrogen and oxygen atoms in total. The molecular formula is C24H18F3NO4. The van der Waals surface area contributed by atoms with Gasteiger partial charge in [-0.25, -0.2) is 0 Å². The number of furan rings is 1. The lowest BCUT2D eigenvalue weighted by molar-refractivity contribution is -0.153. The van der Waals surface area contributed by atoms with E-state index in [0.717, 1.165) is 30.9 Å². The minimum absolute atomic E-state index is 0.0309. The average molecular weight is 441 g/mol. The molecule has 6 rings (SSSR count). The first-order valence-electron chi connectivity index (χ1n) is 10.4. The second-order valence-corrected chi connectivity index (χ2v) is 8.66. The highest BCUT2D eigenvalue weighted by Gasteiger charge is 2.51. The number of para-hydroxylation sites is 1. The Morgan fingerprint density at radius 1 is 1.09 bits per heavy atom. The Morgan fingerprint density at radius 3 is 2.59 bits per heavy atom. The predicted molar refractivity (Wildman–Crippen MR) is 108 cm³/mol. The monoisotopic (exact) mass is 441 g/mol. The molecule has 1 aromatic heterocycles. The summed E-state index contributed by atoms with van der Waals surface area (Å²) in [6.07, 6.45) is -1.90. The lowest BCUT2D eigenvalue weighted by Crippen LogP contribution is -2.28. The van der Waals surface area contributed by atoms with Crippen molar-refractivity contribution in [3.63, 3.8) is 0 Å². The summed E-state index contributed by atoms with van der Waals surface area (Å²) in [6.45, 7) is -0.139. The zero-order valence-electron chi connectivity index (χ0n) is 16.8. The maximum Gasteiger partial charge on any atom is 0.449 e. The van der Waals surface area contributed by atoms with E-state index >= 15 is 0 Å². The number of alkyl halides is 3. The van der Waals surface area contributed by atoms with Crippen LogP contribution in [0.15, 0.2) is 52.9 Å². The van der Waals surface area contributed by atoms with Gasteiger partial charge in [-0.05, 0) is 48.2 Å². The van der Waals surface area contributed by atoms with Gasteiger partial charge in [0.15, 0.2) is 0 Å². The third-order valence-electron chi connectivity index (χ3n) is 6.47. The molecule has 0 bridgehead atoms. The molecule has 0 radical (unpaired) electrons. The highest BCUT2D eigenvalue weighted by atomic mass is 19.4. The topological polar surface area (TPSA) is 62.9 Å². The van der Waals surface area contributed by atoms with Gasteiger partial charge in [0.25, 0.3) is 0 Å². The van der Waals surface area contributed by atoms with E-state index in [2.05, 4.69) is 0 Å². The van der Waals surface area contributed by atoms with Gasteiger partial charge in [0.05, 0.1) is 12.5 Å². The van der Waals surface area contributed by atoms with Gasteiger partial charge in [-0.3, -0.25) is 4.79 Å². The number of carbonyl (C=O) groups is 1. The lowest BCUT2D eigenvalue weighted by atomic mass is 9.90. The number of amides is 1. The van der Waals surface area contributed by atoms with Crippen molar-refractivity contribution < 1.29 is 32.2 Å². The molecule has 2 aliphatic heterocycles. The number of phenols is 1. The number of nitrogens with zero attached hydrogens (tertiary/aromatic N) is 1. The first-order valence-corrected chi connectivity index (χ1v) is 10.4. The van der Waals surface area contributed by atoms with Crippen molar-refractivity contribution in [2.45, 2.75) is 43.5 Å². The smallest absolute Gasteiger partial charge is 0.449 e. The van der Waals surface area contributed by atoms with E-state index in [1.54, 1.807) is 30.3 Å². The molecule has 3 aromatic rings. The van der Waals surface area contributed by atoms with E-state index in [9.17, 15) is 23.1 Å². The van der Waals surface area contributed by atoms with Crippen LogP contribution in [0.2, 0.25) is 0 Å². The van der Waals surface area contributed by atoms with Crippen molar-refractivity contribution in [2.24, 2.45) is 0 Å². The van der Waals surface area contributed by atoms with E-state index in [1.165, 1.54) is 11.0 Å². The van der Waals surface area contributed by atoms with E-state index in [4.69, 9.17) is 9.15 Å². The molecule has 1 fully saturated rings. The second kappa shape index (κ2) is 6.31. The summed E-state index contributed by atoms with van der Waals surface area (Å²) in [5.41, 5.74) is 2.55. The van der Waals surface area contributed by atoms with Gasteiger partial charge >= 0.3 is 6.18 Å². The third kappa shape index (κ3) is 2.89. The van der Waals surface area contributed by atoms with E-state index in [1.807, 2.05) is 6.07 Å². The summed E-state index contributed by atoms with van der Waals surface area (Å²) in [6, 6.07) is 12.6. The van der Waals surface area contributed by atoms with Gasteiger partial charge in [-0.1, -0.05) is 18.2 Å². The number of aromatic hydroxyl groups is 1. The summed E-state index contributed by atoms with van der Waals surface area (Å²) < 4.78 is 49.7. The quantitative estimate of drug-likeness (QED) is 0.611. The highest BCUT2D eigenvalue weighted by Crippen LogP contribution is 2.53. The molecule has 1 unspecified atom stereocenters. The van der Waals surface area contributed by atoms with E-state index in [-0.39, 0.29) is 29.6 Å². The first-order chi connectivity index (χ1) is 15.2. The van der Waals surface area contributed by atoms with Gasteiger partial charge in [0.2, 0.25) is 11.7 Å². The Labute approximate surface area is 181 Å². The second-order valence-electron chi connectivity index (χ2n) is 8.66. The zero-order valence-corrected chi connectivity index (χ0v) is 16.8. The standard InChI is InChI=1S/C24H18F3NO4/c25-24(26,27)20-6-5-14(31-20)12-28-17-4-2-1-3-15(17)21(22(28)30)16-9-13-11-23(7-8-23)32-19(13)10-18(16)29/h1-6,9-10,21,29H,7-8,11-12H2. The Kier molecular flexibility index (Phi) is 3.80. The SMILES string of the molecule is O=C1C(c2cc3c(cc2O)OC2(CC2)C3)c2ccccc2N1Cc1ccc(C(F)(F)F)o1. The van der Waals surface area contributed by atoms with Gasteiger partial charge in [-0.15, -0.1) is 0 Å². The highest BCUT2D eigenvalue weighted by molar-refractivity contribution is 6.07. The van der Waals surface area contributed by atoms with Gasteiger partial charge in [0.1, 0.15) is 22.9 Å². The van der Waals surface area contributed by atoms with Crippen LogP contribution in [-0.4, -0.2) is 16.6 Å². The van der Waals surface area contributed by atoms with Crippen molar-refractivity contribution in [2.75, 3.05) is 4.90 Å². The number of hydrogen-bond acceptors (Lipinski definition) is 4. The van der Waals surface area contributed by atoms with Crippen LogP contribution in [0.25, 0.3) is 0 Å². The Hall–Kier alpha value is -3.42. The number of carbonyl (C=O) groups excluding carboxylic acids is 1. The Bertz CT molecular complexity index is 1260. The fourth-order valence-electron chi connectivity index (χ4n) is 4.75. The number of anilines is 1. The third-order valence-corrected chi connectivity index (χ3v) is 6.47. The van der Waals surface area contributed by atoms with Gasteiger partial charge in [-0.2, -0.15) is 13.2 Å². The molecule has 8 heteroatoms. The van der Waals surface area contributed by atoms with Crippen molar-refractivity contribution in [3.05, 3.63) is 76.7 Å². The number of halogens is 3. The molecule has 164 valence electrons. The summed E-state index contributed by atoms with van der Waals surface area (Å²) in [7, 11) is 0. The normalized spacial score (nSPS) is 20.4. The van der Waals surface area contributed by atoms with E-state index < -0.39 is 17.9 Å². The number of hydrogen-bond donors (Lipinski definition) is 1. The summed E-state index contributed by atoms with van der Waals surface area (Å²) >= 11 is 0. The number of ether oxygens (including phenoxy) is 1. The van der Waals surface area contributed by atoms with Crippen LogP contribution in [0, 0.1) is 0 Å². The molecule has 32 heavy (non-hydrogen) atoms. The Balaban J connectivity index is 1.37. The van der Waals surface area contributed by atoms with Gasteiger partial charge < -0.3 is 19.2 Å². The summed E-state index contributed by atoms with van der Waals surface area (Å²) in [5, 5.41) is 10.7. The van der Waals surface area contributed by atoms with Crippen molar-refractivity contribution in [1.82, 2.24) is 0 Å². The maximum atomic E-state index is 13.5. The van der Waals surface area contributed by atoms with Crippen LogP contribution in [0.3, 0.4) is 0 Å².